The van der Waals surface area contributed by atoms with E-state index < -0.39 is 12.1 Å². The van der Waals surface area contributed by atoms with Crippen molar-refractivity contribution in [2.45, 2.75) is 25.3 Å². The van der Waals surface area contributed by atoms with Crippen LogP contribution in [0.4, 0.5) is 4.79 Å². The lowest BCUT2D eigenvalue weighted by atomic mass is 9.88. The van der Waals surface area contributed by atoms with E-state index in [4.69, 9.17) is 5.73 Å². The van der Waals surface area contributed by atoms with Crippen LogP contribution in [0.2, 0.25) is 0 Å². The fourth-order valence-corrected chi connectivity index (χ4v) is 4.19. The average molecular weight is 385 g/mol. The van der Waals surface area contributed by atoms with Crippen LogP contribution >= 0.6 is 11.3 Å². The number of nitrogens with one attached hydrogen (secondary N) is 1. The largest absolute Gasteiger partial charge is 0.352 e. The molecule has 1 aromatic heterocycles. The van der Waals surface area contributed by atoms with Gasteiger partial charge in [0.15, 0.2) is 5.78 Å². The number of ketones is 1. The van der Waals surface area contributed by atoms with Crippen LogP contribution in [-0.4, -0.2) is 35.7 Å². The molecule has 3 amide bonds. The predicted octanol–water partition coefficient (Wildman–Crippen LogP) is 2.97. The van der Waals surface area contributed by atoms with Gasteiger partial charge in [0.2, 0.25) is 5.91 Å². The van der Waals surface area contributed by atoms with Gasteiger partial charge in [0.05, 0.1) is 12.5 Å². The van der Waals surface area contributed by atoms with Crippen LogP contribution in [0, 0.1) is 5.92 Å². The Balaban J connectivity index is 1.56. The van der Waals surface area contributed by atoms with Gasteiger partial charge in [-0.05, 0) is 24.3 Å². The van der Waals surface area contributed by atoms with E-state index in [9.17, 15) is 14.4 Å². The number of primary amides is 1. The number of hydrogen-bond acceptors (Lipinski definition) is 4. The number of thiophene rings is 1. The summed E-state index contributed by atoms with van der Waals surface area (Å²) in [6.07, 6.45) is 1.49. The van der Waals surface area contributed by atoms with E-state index in [1.807, 2.05) is 47.8 Å². The lowest BCUT2D eigenvalue weighted by Crippen LogP contribution is -2.42. The number of amides is 3. The van der Waals surface area contributed by atoms with Crippen LogP contribution in [0.25, 0.3) is 0 Å². The van der Waals surface area contributed by atoms with E-state index in [2.05, 4.69) is 5.32 Å². The van der Waals surface area contributed by atoms with E-state index >= 15 is 0 Å². The summed E-state index contributed by atoms with van der Waals surface area (Å²) in [7, 11) is 0. The monoisotopic (exact) mass is 385 g/mol. The highest BCUT2D eigenvalue weighted by molar-refractivity contribution is 7.10. The third-order valence-corrected chi connectivity index (χ3v) is 5.84. The summed E-state index contributed by atoms with van der Waals surface area (Å²) >= 11 is 1.48. The maximum Gasteiger partial charge on any atom is 0.312 e. The number of piperidine rings is 1. The quantitative estimate of drug-likeness (QED) is 0.749. The third kappa shape index (κ3) is 4.95. The summed E-state index contributed by atoms with van der Waals surface area (Å²) < 4.78 is 0. The highest BCUT2D eigenvalue weighted by atomic mass is 32.1. The Hall–Kier alpha value is -2.67. The Morgan fingerprint density at radius 3 is 2.41 bits per heavy atom. The second-order valence-corrected chi connectivity index (χ2v) is 7.65. The summed E-state index contributed by atoms with van der Waals surface area (Å²) in [4.78, 5) is 39.2. The van der Waals surface area contributed by atoms with Crippen molar-refractivity contribution in [2.75, 3.05) is 13.1 Å². The molecule has 0 saturated carbocycles. The van der Waals surface area contributed by atoms with E-state index in [0.29, 0.717) is 25.9 Å². The van der Waals surface area contributed by atoms with Crippen molar-refractivity contribution in [2.24, 2.45) is 11.7 Å². The van der Waals surface area contributed by atoms with Crippen LogP contribution in [0.5, 0.6) is 0 Å². The van der Waals surface area contributed by atoms with Gasteiger partial charge < -0.3 is 16.0 Å². The van der Waals surface area contributed by atoms with Gasteiger partial charge in [0.25, 0.3) is 0 Å². The molecule has 0 aliphatic carbocycles. The molecule has 0 radical (unpaired) electrons. The molecule has 1 fully saturated rings. The lowest BCUT2D eigenvalue weighted by Gasteiger charge is -2.32. The fraction of sp³-hybridized carbons (Fsp3) is 0.350. The smallest absolute Gasteiger partial charge is 0.312 e. The van der Waals surface area contributed by atoms with Gasteiger partial charge in [0.1, 0.15) is 0 Å². The summed E-state index contributed by atoms with van der Waals surface area (Å²) in [5, 5.41) is 4.55. The second-order valence-electron chi connectivity index (χ2n) is 6.67. The normalized spacial score (nSPS) is 15.9. The van der Waals surface area contributed by atoms with Gasteiger partial charge >= 0.3 is 6.03 Å². The summed E-state index contributed by atoms with van der Waals surface area (Å²) in [6, 6.07) is 12.0. The minimum atomic E-state index is -0.645. The molecule has 1 atom stereocenters. The molecular weight excluding hydrogens is 362 g/mol. The molecule has 2 aromatic rings. The molecule has 0 spiro atoms. The first-order valence-corrected chi connectivity index (χ1v) is 9.89. The zero-order valence-electron chi connectivity index (χ0n) is 15.0. The van der Waals surface area contributed by atoms with Crippen molar-refractivity contribution in [1.29, 1.82) is 0 Å². The first-order valence-electron chi connectivity index (χ1n) is 9.01. The first kappa shape index (κ1) is 19.1. The summed E-state index contributed by atoms with van der Waals surface area (Å²) in [6.45, 7) is 1.10. The van der Waals surface area contributed by atoms with Crippen LogP contribution in [-0.2, 0) is 4.79 Å². The van der Waals surface area contributed by atoms with Gasteiger partial charge in [0, 0.05) is 29.4 Å². The molecule has 7 heteroatoms. The van der Waals surface area contributed by atoms with Gasteiger partial charge in [-0.25, -0.2) is 4.79 Å². The van der Waals surface area contributed by atoms with Crippen LogP contribution in [0.15, 0.2) is 47.8 Å². The average Bonchev–Trinajstić information content (AvgIpc) is 3.22. The van der Waals surface area contributed by atoms with Crippen molar-refractivity contribution in [3.8, 4) is 0 Å². The molecule has 27 heavy (non-hydrogen) atoms. The Kier molecular flexibility index (Phi) is 6.24. The highest BCUT2D eigenvalue weighted by Gasteiger charge is 2.29. The van der Waals surface area contributed by atoms with Crippen molar-refractivity contribution < 1.29 is 14.4 Å². The Labute approximate surface area is 162 Å². The number of hydrogen-bond donors (Lipinski definition) is 2. The minimum Gasteiger partial charge on any atom is -0.352 e. The topological polar surface area (TPSA) is 92.5 Å². The molecule has 3 N–H and O–H groups in total. The molecule has 0 bridgehead atoms. The third-order valence-electron chi connectivity index (χ3n) is 4.86. The molecule has 1 aliphatic heterocycles. The maximum atomic E-state index is 12.7. The van der Waals surface area contributed by atoms with Crippen LogP contribution in [0.3, 0.4) is 0 Å². The molecule has 6 nitrogen and oxygen atoms in total. The molecule has 1 aromatic carbocycles. The van der Waals surface area contributed by atoms with Crippen molar-refractivity contribution in [3.63, 3.8) is 0 Å². The van der Waals surface area contributed by atoms with E-state index in [0.717, 1.165) is 10.4 Å². The number of urea groups is 1. The van der Waals surface area contributed by atoms with E-state index in [1.54, 1.807) is 4.90 Å². The molecule has 3 rings (SSSR count). The number of carbonyl (C=O) groups excluding carboxylic acids is 3. The Bertz CT molecular complexity index is 784. The Morgan fingerprint density at radius 1 is 1.11 bits per heavy atom. The van der Waals surface area contributed by atoms with Crippen molar-refractivity contribution >= 4 is 29.1 Å². The number of nitrogens with zero attached hydrogens (tertiary/aromatic N) is 1. The number of nitrogens with two attached hydrogens (primary N) is 1. The summed E-state index contributed by atoms with van der Waals surface area (Å²) in [5.74, 6) is 0.0654. The van der Waals surface area contributed by atoms with Crippen LogP contribution in [0.1, 0.15) is 40.5 Å². The van der Waals surface area contributed by atoms with Gasteiger partial charge in [-0.15, -0.1) is 11.3 Å². The zero-order chi connectivity index (χ0) is 19.2. The molecular formula is C20H23N3O3S. The molecule has 142 valence electrons. The van der Waals surface area contributed by atoms with Gasteiger partial charge in [-0.1, -0.05) is 36.4 Å². The number of benzene rings is 1. The summed E-state index contributed by atoms with van der Waals surface area (Å²) in [5.41, 5.74) is 5.98. The van der Waals surface area contributed by atoms with Gasteiger partial charge in [-0.3, -0.25) is 9.59 Å². The number of Topliss-reactive ketones (excluding diaryl/α,β-unsaturated/α-hetero) is 1. The maximum absolute atomic E-state index is 12.7. The minimum absolute atomic E-state index is 0.0345. The first-order chi connectivity index (χ1) is 13.0. The SMILES string of the molecule is NC(=O)NC(CC(=O)N1CCC(C(=O)c2ccccc2)CC1)c1cccs1. The molecule has 1 unspecified atom stereocenters. The second kappa shape index (κ2) is 8.81. The number of carbonyl (C=O) groups is 3. The van der Waals surface area contributed by atoms with E-state index in [-0.39, 0.29) is 24.0 Å². The molecule has 1 aliphatic rings. The van der Waals surface area contributed by atoms with Crippen molar-refractivity contribution in [1.82, 2.24) is 10.2 Å². The molecule has 1 saturated heterocycles. The molecule has 2 heterocycles. The van der Waals surface area contributed by atoms with Crippen LogP contribution < -0.4 is 11.1 Å². The van der Waals surface area contributed by atoms with E-state index in [1.165, 1.54) is 11.3 Å². The fourth-order valence-electron chi connectivity index (χ4n) is 3.42. The number of rotatable bonds is 6. The standard InChI is InChI=1S/C20H23N3O3S/c21-20(26)22-16(17-7-4-12-27-17)13-18(24)23-10-8-15(9-11-23)19(25)14-5-2-1-3-6-14/h1-7,12,15-16H,8-11,13H2,(H3,21,22,26). The van der Waals surface area contributed by atoms with Crippen molar-refractivity contribution in [3.05, 3.63) is 58.3 Å². The zero-order valence-corrected chi connectivity index (χ0v) is 15.8. The number of likely N-dealkylation sites (tertiary alicyclic amines) is 1. The lowest BCUT2D eigenvalue weighted by molar-refractivity contribution is -0.132. The predicted molar refractivity (Wildman–Crippen MR) is 104 cm³/mol. The Morgan fingerprint density at radius 2 is 1.81 bits per heavy atom. The highest BCUT2D eigenvalue weighted by Crippen LogP contribution is 2.26. The van der Waals surface area contributed by atoms with Gasteiger partial charge in [-0.2, -0.15) is 0 Å².